The average Bonchev–Trinajstić information content (AvgIpc) is 3.45. The fraction of sp³-hybridized carbons (Fsp3) is 0.455. The zero-order chi connectivity index (χ0) is 27.6. The van der Waals surface area contributed by atoms with Crippen molar-refractivity contribution in [1.82, 2.24) is 9.67 Å². The van der Waals surface area contributed by atoms with Gasteiger partial charge in [-0.2, -0.15) is 5.10 Å². The Kier molecular flexibility index (Phi) is 7.65. The largest absolute Gasteiger partial charge is 0.493 e. The van der Waals surface area contributed by atoms with E-state index in [4.69, 9.17) is 9.47 Å². The number of hydrogen-bond acceptors (Lipinski definition) is 3. The summed E-state index contributed by atoms with van der Waals surface area (Å²) in [5, 5.41) is 15.1. The number of nitrogens with zero attached hydrogens (tertiary/aromatic N) is 2. The lowest BCUT2D eigenvalue weighted by Crippen LogP contribution is -2.35. The van der Waals surface area contributed by atoms with E-state index < -0.39 is 5.97 Å². The van der Waals surface area contributed by atoms with Crippen molar-refractivity contribution in [1.29, 1.82) is 0 Å². The number of fused-ring (bicyclic) bond motifs is 3. The summed E-state index contributed by atoms with van der Waals surface area (Å²) >= 11 is 0. The van der Waals surface area contributed by atoms with E-state index in [-0.39, 0.29) is 0 Å². The summed E-state index contributed by atoms with van der Waals surface area (Å²) in [6, 6.07) is 12.7. The molecule has 4 aromatic rings. The van der Waals surface area contributed by atoms with Crippen LogP contribution in [0.3, 0.4) is 0 Å². The van der Waals surface area contributed by atoms with Gasteiger partial charge in [-0.15, -0.1) is 4.68 Å². The van der Waals surface area contributed by atoms with Crippen LogP contribution >= 0.6 is 0 Å². The maximum atomic E-state index is 12.8. The van der Waals surface area contributed by atoms with Crippen molar-refractivity contribution >= 4 is 16.9 Å². The zero-order valence-electron chi connectivity index (χ0n) is 23.7. The van der Waals surface area contributed by atoms with Crippen LogP contribution in [0.5, 0.6) is 5.75 Å². The highest BCUT2D eigenvalue weighted by atomic mass is 16.5. The van der Waals surface area contributed by atoms with Crippen LogP contribution in [0.25, 0.3) is 22.0 Å². The number of carbonyl (C=O) groups is 1. The lowest BCUT2D eigenvalue weighted by atomic mass is 9.91. The Morgan fingerprint density at radius 1 is 1.12 bits per heavy atom. The first-order valence-corrected chi connectivity index (χ1v) is 14.9. The molecule has 210 valence electrons. The predicted octanol–water partition coefficient (Wildman–Crippen LogP) is 5.92. The number of aromatic nitrogens is 3. The standard InChI is InChI=1S/C33H39N3O4/c1-3-27-30-26-15-9-14-24-25(16-10-20-40-29-17-8-12-22-11-4-5-13-23(22)29)32(33(37)38)36(31(24)26)18-6-7-19-39-21-28(30)35(2)34-27/h8-9,12,14-15,17H,3-7,10-11,13,16,18-21H2,1-2H3,(H,37,38)/p+1. The quantitative estimate of drug-likeness (QED) is 0.224. The summed E-state index contributed by atoms with van der Waals surface area (Å²) in [4.78, 5) is 12.8. The number of aromatic amines is 1. The van der Waals surface area contributed by atoms with Crippen molar-refractivity contribution < 1.29 is 24.1 Å². The van der Waals surface area contributed by atoms with E-state index in [1.165, 1.54) is 24.0 Å². The third-order valence-corrected chi connectivity index (χ3v) is 8.65. The SMILES string of the molecule is CCc1[nH][n+](C)c2c1-c1cccc3c(CCCOc4cccc5c4CCCC5)c(C(=O)O)n(c13)CCCCOC2. The Hall–Kier alpha value is -3.58. The second-order valence-corrected chi connectivity index (χ2v) is 11.1. The molecule has 0 atom stereocenters. The minimum atomic E-state index is -0.864. The molecule has 0 saturated heterocycles. The van der Waals surface area contributed by atoms with Crippen molar-refractivity contribution in [3.8, 4) is 16.9 Å². The topological polar surface area (TPSA) is 80.4 Å². The van der Waals surface area contributed by atoms with Gasteiger partial charge in [0.15, 0.2) is 7.05 Å². The van der Waals surface area contributed by atoms with Crippen molar-refractivity contribution in [2.75, 3.05) is 13.2 Å². The molecule has 0 spiro atoms. The van der Waals surface area contributed by atoms with Crippen molar-refractivity contribution in [3.05, 3.63) is 70.2 Å². The molecule has 6 rings (SSSR count). The van der Waals surface area contributed by atoms with E-state index in [2.05, 4.69) is 57.7 Å². The highest BCUT2D eigenvalue weighted by Gasteiger charge is 2.30. The Labute approximate surface area is 235 Å². The van der Waals surface area contributed by atoms with Gasteiger partial charge in [0, 0.05) is 24.1 Å². The van der Waals surface area contributed by atoms with Crippen LogP contribution in [0.2, 0.25) is 0 Å². The van der Waals surface area contributed by atoms with Gasteiger partial charge < -0.3 is 19.1 Å². The highest BCUT2D eigenvalue weighted by molar-refractivity contribution is 6.04. The number of carboxylic acids is 1. The molecule has 2 N–H and O–H groups in total. The molecule has 2 aliphatic rings. The fourth-order valence-electron chi connectivity index (χ4n) is 6.77. The first-order valence-electron chi connectivity index (χ1n) is 14.9. The summed E-state index contributed by atoms with van der Waals surface area (Å²) < 4.78 is 16.5. The maximum Gasteiger partial charge on any atom is 0.352 e. The Balaban J connectivity index is 1.39. The number of carboxylic acid groups (broad SMARTS) is 1. The van der Waals surface area contributed by atoms with E-state index >= 15 is 0 Å². The predicted molar refractivity (Wildman–Crippen MR) is 155 cm³/mol. The van der Waals surface area contributed by atoms with Gasteiger partial charge in [-0.3, -0.25) is 0 Å². The van der Waals surface area contributed by atoms with Gasteiger partial charge in [-0.1, -0.05) is 37.3 Å². The average molecular weight is 543 g/mol. The van der Waals surface area contributed by atoms with E-state index in [9.17, 15) is 9.90 Å². The Morgan fingerprint density at radius 3 is 2.83 bits per heavy atom. The first-order chi connectivity index (χ1) is 19.6. The third kappa shape index (κ3) is 4.81. The van der Waals surface area contributed by atoms with Gasteiger partial charge in [0.05, 0.1) is 23.4 Å². The number of H-pyrrole nitrogens is 1. The van der Waals surface area contributed by atoms with Crippen LogP contribution in [-0.2, 0) is 50.6 Å². The van der Waals surface area contributed by atoms with Crippen molar-refractivity contribution in [2.24, 2.45) is 7.05 Å². The van der Waals surface area contributed by atoms with Crippen LogP contribution in [0.1, 0.15) is 77.6 Å². The summed E-state index contributed by atoms with van der Waals surface area (Å²) in [6.45, 7) is 4.55. The molecular weight excluding hydrogens is 502 g/mol. The number of para-hydroxylation sites is 1. The van der Waals surface area contributed by atoms with E-state index in [1.54, 1.807) is 0 Å². The van der Waals surface area contributed by atoms with Gasteiger partial charge in [0.25, 0.3) is 0 Å². The molecule has 7 heteroatoms. The summed E-state index contributed by atoms with van der Waals surface area (Å²) in [6.07, 6.45) is 8.67. The smallest absolute Gasteiger partial charge is 0.352 e. The fourth-order valence-corrected chi connectivity index (χ4v) is 6.77. The van der Waals surface area contributed by atoms with Crippen LogP contribution in [0, 0.1) is 0 Å². The monoisotopic (exact) mass is 542 g/mol. The van der Waals surface area contributed by atoms with Crippen LogP contribution in [-0.4, -0.2) is 34.0 Å². The second-order valence-electron chi connectivity index (χ2n) is 11.1. The molecule has 7 nitrogen and oxygen atoms in total. The van der Waals surface area contributed by atoms with Crippen molar-refractivity contribution in [2.45, 2.75) is 77.9 Å². The Bertz CT molecular complexity index is 1550. The number of aromatic carboxylic acids is 1. The third-order valence-electron chi connectivity index (χ3n) is 8.65. The van der Waals surface area contributed by atoms with Crippen molar-refractivity contribution in [3.63, 3.8) is 0 Å². The molecule has 0 fully saturated rings. The van der Waals surface area contributed by atoms with Gasteiger partial charge in [-0.25, -0.2) is 4.79 Å². The van der Waals surface area contributed by atoms with E-state index in [0.29, 0.717) is 38.5 Å². The van der Waals surface area contributed by atoms with Gasteiger partial charge >= 0.3 is 5.97 Å². The number of hydrogen-bond donors (Lipinski definition) is 2. The molecule has 40 heavy (non-hydrogen) atoms. The van der Waals surface area contributed by atoms with Gasteiger partial charge in [0.2, 0.25) is 5.69 Å². The van der Waals surface area contributed by atoms with E-state index in [0.717, 1.165) is 83.3 Å². The minimum Gasteiger partial charge on any atom is -0.493 e. The zero-order valence-corrected chi connectivity index (χ0v) is 23.7. The molecule has 1 aliphatic carbocycles. The number of benzene rings is 2. The van der Waals surface area contributed by atoms with Gasteiger partial charge in [-0.05, 0) is 80.5 Å². The molecule has 2 aromatic carbocycles. The number of ether oxygens (including phenoxy) is 2. The van der Waals surface area contributed by atoms with Crippen LogP contribution in [0.4, 0.5) is 0 Å². The molecule has 1 aliphatic heterocycles. The lowest BCUT2D eigenvalue weighted by Gasteiger charge is -2.19. The molecule has 2 aromatic heterocycles. The summed E-state index contributed by atoms with van der Waals surface area (Å²) in [7, 11) is 2.03. The molecule has 0 unspecified atom stereocenters. The highest BCUT2D eigenvalue weighted by Crippen LogP contribution is 2.38. The summed E-state index contributed by atoms with van der Waals surface area (Å²) in [5.41, 5.74) is 9.56. The van der Waals surface area contributed by atoms with Crippen LogP contribution < -0.4 is 9.42 Å². The molecule has 0 radical (unpaired) electrons. The molecular formula is C33H40N3O4+. The minimum absolute atomic E-state index is 0.416. The number of nitrogens with one attached hydrogen (secondary N) is 1. The molecule has 0 bridgehead atoms. The molecule has 0 saturated carbocycles. The summed E-state index contributed by atoms with van der Waals surface area (Å²) in [5.74, 6) is 0.133. The van der Waals surface area contributed by atoms with E-state index in [1.807, 2.05) is 7.05 Å². The van der Waals surface area contributed by atoms with Crippen LogP contribution in [0.15, 0.2) is 36.4 Å². The molecule has 3 heterocycles. The lowest BCUT2D eigenvalue weighted by molar-refractivity contribution is -0.735. The molecule has 0 amide bonds. The maximum absolute atomic E-state index is 12.8. The normalized spacial score (nSPS) is 15.3. The Morgan fingerprint density at radius 2 is 1.98 bits per heavy atom. The number of rotatable bonds is 7. The number of aryl methyl sites for hydroxylation is 5. The van der Waals surface area contributed by atoms with Gasteiger partial charge in [0.1, 0.15) is 18.1 Å². The second kappa shape index (κ2) is 11.5. The first kappa shape index (κ1) is 26.6.